The summed E-state index contributed by atoms with van der Waals surface area (Å²) in [6.45, 7) is 1.44. The van der Waals surface area contributed by atoms with E-state index in [9.17, 15) is 13.9 Å². The van der Waals surface area contributed by atoms with Crippen molar-refractivity contribution in [3.8, 4) is 11.5 Å². The van der Waals surface area contributed by atoms with Gasteiger partial charge in [-0.25, -0.2) is 0 Å². The van der Waals surface area contributed by atoms with Crippen LogP contribution in [0.15, 0.2) is 36.5 Å². The van der Waals surface area contributed by atoms with Gasteiger partial charge in [0.05, 0.1) is 12.8 Å². The molecule has 4 rings (SSSR count). The minimum Gasteiger partial charge on any atom is -0.493 e. The fraction of sp³-hybridized carbons (Fsp3) is 0.500. The molecule has 2 aromatic rings. The first kappa shape index (κ1) is 20.0. The summed E-state index contributed by atoms with van der Waals surface area (Å²) in [7, 11) is 1.44. The second-order valence-corrected chi connectivity index (χ2v) is 8.06. The summed E-state index contributed by atoms with van der Waals surface area (Å²) in [6, 6.07) is 8.93. The van der Waals surface area contributed by atoms with E-state index in [1.54, 1.807) is 18.3 Å². The molecule has 1 N–H and O–H groups in total. The third-order valence-electron chi connectivity index (χ3n) is 6.30. The lowest BCUT2D eigenvalue weighted by atomic mass is 9.83. The topological polar surface area (TPSA) is 54.8 Å². The van der Waals surface area contributed by atoms with Crippen molar-refractivity contribution in [1.82, 2.24) is 9.88 Å². The molecule has 0 bridgehead atoms. The zero-order valence-electron chi connectivity index (χ0n) is 16.6. The number of likely N-dealkylation sites (tertiary alicyclic amines) is 1. The molecule has 3 atom stereocenters. The van der Waals surface area contributed by atoms with Crippen molar-refractivity contribution in [1.29, 1.82) is 0 Å². The number of aromatic nitrogens is 1. The summed E-state index contributed by atoms with van der Waals surface area (Å²) in [5.41, 5.74) is 1.89. The maximum atomic E-state index is 12.5. The maximum Gasteiger partial charge on any atom is 0.387 e. The Bertz CT molecular complexity index is 879. The standard InChI is InChI=1S/C22H26F2N2O3/c1-14-4-3-9-25-20(14)22(27)8-7-16-12-26(13-17(16)22)11-15-5-6-18(29-21(23)24)19(10-15)28-2/h3-6,9-10,16-17,21,27H,7-8,11-13H2,1-2H3/t16-,17+,22-/m0/s1. The Balaban J connectivity index is 1.49. The van der Waals surface area contributed by atoms with Crippen LogP contribution in [0.4, 0.5) is 8.78 Å². The van der Waals surface area contributed by atoms with Crippen LogP contribution in [0.25, 0.3) is 0 Å². The van der Waals surface area contributed by atoms with E-state index in [1.807, 2.05) is 19.1 Å². The van der Waals surface area contributed by atoms with Gasteiger partial charge >= 0.3 is 6.61 Å². The maximum absolute atomic E-state index is 12.5. The van der Waals surface area contributed by atoms with Gasteiger partial charge in [0.15, 0.2) is 11.5 Å². The molecule has 7 heteroatoms. The van der Waals surface area contributed by atoms with Gasteiger partial charge in [0.1, 0.15) is 5.60 Å². The average Bonchev–Trinajstić information content (AvgIpc) is 3.23. The van der Waals surface area contributed by atoms with Gasteiger partial charge in [0.2, 0.25) is 0 Å². The number of methoxy groups -OCH3 is 1. The van der Waals surface area contributed by atoms with Crippen LogP contribution >= 0.6 is 0 Å². The van der Waals surface area contributed by atoms with E-state index in [-0.39, 0.29) is 11.7 Å². The van der Waals surface area contributed by atoms with Crippen molar-refractivity contribution in [2.45, 2.75) is 38.5 Å². The Morgan fingerprint density at radius 1 is 1.28 bits per heavy atom. The Labute approximate surface area is 169 Å². The third-order valence-corrected chi connectivity index (χ3v) is 6.30. The predicted octanol–water partition coefficient (Wildman–Crippen LogP) is 3.73. The Morgan fingerprint density at radius 2 is 2.10 bits per heavy atom. The average molecular weight is 404 g/mol. The zero-order valence-corrected chi connectivity index (χ0v) is 16.6. The first-order chi connectivity index (χ1) is 13.9. The van der Waals surface area contributed by atoms with Crippen molar-refractivity contribution >= 4 is 0 Å². The molecule has 2 heterocycles. The molecule has 0 unspecified atom stereocenters. The molecule has 1 saturated carbocycles. The molecule has 156 valence electrons. The second kappa shape index (κ2) is 7.88. The number of pyridine rings is 1. The molecule has 1 aromatic heterocycles. The van der Waals surface area contributed by atoms with Crippen LogP contribution in [0.1, 0.15) is 29.7 Å². The molecule has 0 spiro atoms. The smallest absolute Gasteiger partial charge is 0.387 e. The minimum atomic E-state index is -2.89. The predicted molar refractivity (Wildman–Crippen MR) is 104 cm³/mol. The molecular formula is C22H26F2N2O3. The van der Waals surface area contributed by atoms with Crippen LogP contribution < -0.4 is 9.47 Å². The van der Waals surface area contributed by atoms with Crippen molar-refractivity contribution in [3.63, 3.8) is 0 Å². The molecule has 2 fully saturated rings. The van der Waals surface area contributed by atoms with E-state index >= 15 is 0 Å². The number of hydrogen-bond donors (Lipinski definition) is 1. The monoisotopic (exact) mass is 404 g/mol. The van der Waals surface area contributed by atoms with Crippen molar-refractivity contribution < 1.29 is 23.4 Å². The van der Waals surface area contributed by atoms with E-state index in [0.29, 0.717) is 18.2 Å². The SMILES string of the molecule is COc1cc(CN2C[C@@H]3CC[C@@](O)(c4ncccc4C)[C@@H]3C2)ccc1OC(F)F. The molecule has 5 nitrogen and oxygen atoms in total. The lowest BCUT2D eigenvalue weighted by molar-refractivity contribution is -0.0512. The molecule has 1 aromatic carbocycles. The number of benzene rings is 1. The summed E-state index contributed by atoms with van der Waals surface area (Å²) in [4.78, 5) is 6.80. The van der Waals surface area contributed by atoms with Crippen LogP contribution in [0.2, 0.25) is 0 Å². The van der Waals surface area contributed by atoms with Crippen molar-refractivity contribution in [2.75, 3.05) is 20.2 Å². The van der Waals surface area contributed by atoms with E-state index in [4.69, 9.17) is 4.74 Å². The lowest BCUT2D eigenvalue weighted by Gasteiger charge is -2.31. The molecule has 2 aliphatic rings. The highest BCUT2D eigenvalue weighted by atomic mass is 19.3. The number of alkyl halides is 2. The van der Waals surface area contributed by atoms with Crippen molar-refractivity contribution in [2.24, 2.45) is 11.8 Å². The number of halogens is 2. The molecule has 1 aliphatic carbocycles. The summed E-state index contributed by atoms with van der Waals surface area (Å²) >= 11 is 0. The lowest BCUT2D eigenvalue weighted by Crippen LogP contribution is -2.36. The van der Waals surface area contributed by atoms with Crippen LogP contribution in [0.5, 0.6) is 11.5 Å². The molecule has 0 radical (unpaired) electrons. The number of hydrogen-bond acceptors (Lipinski definition) is 5. The van der Waals surface area contributed by atoms with E-state index in [2.05, 4.69) is 14.6 Å². The van der Waals surface area contributed by atoms with Crippen LogP contribution in [0, 0.1) is 18.8 Å². The number of fused-ring (bicyclic) bond motifs is 1. The minimum absolute atomic E-state index is 0.0320. The van der Waals surface area contributed by atoms with E-state index < -0.39 is 12.2 Å². The normalized spacial score (nSPS) is 26.7. The summed E-state index contributed by atoms with van der Waals surface area (Å²) < 4.78 is 34.7. The number of nitrogens with zero attached hydrogens (tertiary/aromatic N) is 2. The van der Waals surface area contributed by atoms with Gasteiger partial charge in [-0.2, -0.15) is 8.78 Å². The molecular weight excluding hydrogens is 378 g/mol. The second-order valence-electron chi connectivity index (χ2n) is 8.06. The van der Waals surface area contributed by atoms with Crippen LogP contribution in [0.3, 0.4) is 0 Å². The third kappa shape index (κ3) is 3.81. The van der Waals surface area contributed by atoms with Gasteiger partial charge in [-0.05, 0) is 55.0 Å². The van der Waals surface area contributed by atoms with Crippen LogP contribution in [-0.4, -0.2) is 41.8 Å². The zero-order chi connectivity index (χ0) is 20.6. The van der Waals surface area contributed by atoms with Crippen LogP contribution in [-0.2, 0) is 12.1 Å². The van der Waals surface area contributed by atoms with Gasteiger partial charge in [-0.15, -0.1) is 0 Å². The summed E-state index contributed by atoms with van der Waals surface area (Å²) in [5, 5.41) is 11.5. The number of rotatable bonds is 6. The van der Waals surface area contributed by atoms with Crippen molar-refractivity contribution in [3.05, 3.63) is 53.3 Å². The fourth-order valence-electron chi connectivity index (χ4n) is 5.01. The highest BCUT2D eigenvalue weighted by Gasteiger charge is 2.53. The highest BCUT2D eigenvalue weighted by molar-refractivity contribution is 5.43. The molecule has 0 amide bonds. The molecule has 1 saturated heterocycles. The number of aryl methyl sites for hydroxylation is 1. The van der Waals surface area contributed by atoms with Gasteiger partial charge in [-0.3, -0.25) is 9.88 Å². The Morgan fingerprint density at radius 3 is 2.83 bits per heavy atom. The summed E-state index contributed by atoms with van der Waals surface area (Å²) in [6.07, 6.45) is 3.45. The quantitative estimate of drug-likeness (QED) is 0.795. The largest absolute Gasteiger partial charge is 0.493 e. The van der Waals surface area contributed by atoms with E-state index in [1.165, 1.54) is 13.2 Å². The number of aliphatic hydroxyl groups is 1. The molecule has 29 heavy (non-hydrogen) atoms. The first-order valence-electron chi connectivity index (χ1n) is 9.89. The van der Waals surface area contributed by atoms with Gasteiger partial charge in [0.25, 0.3) is 0 Å². The van der Waals surface area contributed by atoms with Gasteiger partial charge in [0, 0.05) is 31.7 Å². The summed E-state index contributed by atoms with van der Waals surface area (Å²) in [5.74, 6) is 0.886. The fourth-order valence-corrected chi connectivity index (χ4v) is 5.01. The highest BCUT2D eigenvalue weighted by Crippen LogP contribution is 2.50. The van der Waals surface area contributed by atoms with E-state index in [0.717, 1.165) is 42.8 Å². The Kier molecular flexibility index (Phi) is 5.44. The Hall–Kier alpha value is -2.25. The molecule has 1 aliphatic heterocycles. The number of ether oxygens (including phenoxy) is 2. The van der Waals surface area contributed by atoms with Gasteiger partial charge in [-0.1, -0.05) is 12.1 Å². The van der Waals surface area contributed by atoms with Gasteiger partial charge < -0.3 is 14.6 Å². The first-order valence-corrected chi connectivity index (χ1v) is 9.89.